The fraction of sp³-hybridized carbons (Fsp3) is 0.250. The van der Waals surface area contributed by atoms with Gasteiger partial charge in [-0.05, 0) is 23.4 Å². The van der Waals surface area contributed by atoms with Crippen LogP contribution in [0.1, 0.15) is 16.3 Å². The highest BCUT2D eigenvalue weighted by Crippen LogP contribution is 2.01. The minimum absolute atomic E-state index is 0.265. The smallest absolute Gasteiger partial charge is 0.276 e. The van der Waals surface area contributed by atoms with E-state index in [1.807, 2.05) is 0 Å². The van der Waals surface area contributed by atoms with Crippen molar-refractivity contribution in [1.82, 2.24) is 30.2 Å². The second-order valence-corrected chi connectivity index (χ2v) is 3.07. The molecule has 8 nitrogen and oxygen atoms in total. The molecule has 0 aromatic carbocycles. The van der Waals surface area contributed by atoms with Gasteiger partial charge in [-0.2, -0.15) is 0 Å². The van der Waals surface area contributed by atoms with Crippen LogP contribution in [0.3, 0.4) is 0 Å². The normalized spacial score (nSPS) is 10.1. The summed E-state index contributed by atoms with van der Waals surface area (Å²) in [5.41, 5.74) is 0.274. The molecule has 0 radical (unpaired) electrons. The first kappa shape index (κ1) is 10.1. The molecule has 1 amide bonds. The Kier molecular flexibility index (Phi) is 2.54. The average Bonchev–Trinajstić information content (AvgIpc) is 2.64. The van der Waals surface area contributed by atoms with Gasteiger partial charge in [-0.3, -0.25) is 10.1 Å². The fourth-order valence-corrected chi connectivity index (χ4v) is 1.08. The SMILES string of the molecule is Cc1nccc(C(=O)Nc2nnnn2C)n1. The van der Waals surface area contributed by atoms with Gasteiger partial charge in [0.15, 0.2) is 0 Å². The molecular weight excluding hydrogens is 210 g/mol. The molecule has 82 valence electrons. The van der Waals surface area contributed by atoms with E-state index in [0.717, 1.165) is 0 Å². The second-order valence-electron chi connectivity index (χ2n) is 3.07. The largest absolute Gasteiger partial charge is 0.288 e. The molecule has 2 rings (SSSR count). The van der Waals surface area contributed by atoms with E-state index in [-0.39, 0.29) is 17.5 Å². The maximum atomic E-state index is 11.7. The molecule has 2 aromatic rings. The molecule has 0 aliphatic heterocycles. The Balaban J connectivity index is 2.18. The first-order chi connectivity index (χ1) is 7.66. The van der Waals surface area contributed by atoms with E-state index < -0.39 is 0 Å². The number of carbonyl (C=O) groups is 1. The molecule has 0 aliphatic rings. The Morgan fingerprint density at radius 1 is 1.50 bits per heavy atom. The van der Waals surface area contributed by atoms with E-state index in [1.165, 1.54) is 16.9 Å². The number of anilines is 1. The molecule has 0 spiro atoms. The zero-order valence-corrected chi connectivity index (χ0v) is 8.75. The Hall–Kier alpha value is -2.38. The molecule has 0 saturated carbocycles. The van der Waals surface area contributed by atoms with E-state index in [2.05, 4.69) is 30.8 Å². The van der Waals surface area contributed by atoms with Crippen LogP contribution in [0.15, 0.2) is 12.3 Å². The molecule has 0 bridgehead atoms. The summed E-state index contributed by atoms with van der Waals surface area (Å²) in [6, 6.07) is 1.52. The van der Waals surface area contributed by atoms with Crippen LogP contribution in [0.25, 0.3) is 0 Å². The van der Waals surface area contributed by atoms with E-state index in [4.69, 9.17) is 0 Å². The number of tetrazole rings is 1. The molecule has 0 atom stereocenters. The van der Waals surface area contributed by atoms with Gasteiger partial charge in [0.05, 0.1) is 0 Å². The number of rotatable bonds is 2. The van der Waals surface area contributed by atoms with Crippen LogP contribution in [0, 0.1) is 6.92 Å². The Labute approximate surface area is 90.7 Å². The average molecular weight is 219 g/mol. The summed E-state index contributed by atoms with van der Waals surface area (Å²) in [5, 5.41) is 13.2. The number of carbonyl (C=O) groups excluding carboxylic acids is 1. The maximum absolute atomic E-state index is 11.7. The molecule has 0 unspecified atom stereocenters. The zero-order chi connectivity index (χ0) is 11.5. The summed E-state index contributed by atoms with van der Waals surface area (Å²) in [5.74, 6) is 0.424. The van der Waals surface area contributed by atoms with Crippen molar-refractivity contribution in [2.75, 3.05) is 5.32 Å². The summed E-state index contributed by atoms with van der Waals surface area (Å²) in [4.78, 5) is 19.6. The van der Waals surface area contributed by atoms with Gasteiger partial charge in [-0.15, -0.1) is 0 Å². The lowest BCUT2D eigenvalue weighted by Gasteiger charge is -2.02. The van der Waals surface area contributed by atoms with E-state index >= 15 is 0 Å². The fourth-order valence-electron chi connectivity index (χ4n) is 1.08. The van der Waals surface area contributed by atoms with Gasteiger partial charge in [0.2, 0.25) is 5.95 Å². The maximum Gasteiger partial charge on any atom is 0.276 e. The van der Waals surface area contributed by atoms with Crippen molar-refractivity contribution in [3.63, 3.8) is 0 Å². The summed E-state index contributed by atoms with van der Waals surface area (Å²) >= 11 is 0. The summed E-state index contributed by atoms with van der Waals surface area (Å²) in [7, 11) is 1.63. The van der Waals surface area contributed by atoms with Crippen molar-refractivity contribution in [2.24, 2.45) is 7.05 Å². The van der Waals surface area contributed by atoms with Gasteiger partial charge in [-0.1, -0.05) is 5.10 Å². The number of aromatic nitrogens is 6. The highest BCUT2D eigenvalue weighted by Gasteiger charge is 2.11. The predicted molar refractivity (Wildman–Crippen MR) is 53.5 cm³/mol. The number of aryl methyl sites for hydroxylation is 2. The van der Waals surface area contributed by atoms with Crippen LogP contribution < -0.4 is 5.32 Å². The van der Waals surface area contributed by atoms with E-state index in [9.17, 15) is 4.79 Å². The van der Waals surface area contributed by atoms with Gasteiger partial charge in [0, 0.05) is 13.2 Å². The quantitative estimate of drug-likeness (QED) is 0.735. The van der Waals surface area contributed by atoms with Crippen molar-refractivity contribution in [1.29, 1.82) is 0 Å². The number of nitrogens with one attached hydrogen (secondary N) is 1. The first-order valence-electron chi connectivity index (χ1n) is 4.50. The summed E-state index contributed by atoms with van der Waals surface area (Å²) < 4.78 is 1.35. The van der Waals surface area contributed by atoms with Gasteiger partial charge in [-0.25, -0.2) is 14.6 Å². The van der Waals surface area contributed by atoms with E-state index in [0.29, 0.717) is 5.82 Å². The van der Waals surface area contributed by atoms with Crippen molar-refractivity contribution < 1.29 is 4.79 Å². The highest BCUT2D eigenvalue weighted by molar-refractivity contribution is 6.01. The monoisotopic (exact) mass is 219 g/mol. The molecule has 1 N–H and O–H groups in total. The van der Waals surface area contributed by atoms with Crippen molar-refractivity contribution in [2.45, 2.75) is 6.92 Å². The number of nitrogens with zero attached hydrogens (tertiary/aromatic N) is 6. The van der Waals surface area contributed by atoms with Crippen LogP contribution in [-0.4, -0.2) is 36.1 Å². The minimum atomic E-state index is -0.372. The van der Waals surface area contributed by atoms with Crippen LogP contribution in [0.4, 0.5) is 5.95 Å². The first-order valence-corrected chi connectivity index (χ1v) is 4.50. The van der Waals surface area contributed by atoms with Crippen molar-refractivity contribution >= 4 is 11.9 Å². The van der Waals surface area contributed by atoms with Crippen LogP contribution in [-0.2, 0) is 7.05 Å². The molecule has 0 aliphatic carbocycles. The summed E-state index contributed by atoms with van der Waals surface area (Å²) in [6.45, 7) is 1.71. The lowest BCUT2D eigenvalue weighted by Crippen LogP contribution is -2.17. The molecular formula is C8H9N7O. The Bertz CT molecular complexity index is 521. The van der Waals surface area contributed by atoms with Crippen molar-refractivity contribution in [3.8, 4) is 0 Å². The molecule has 2 heterocycles. The highest BCUT2D eigenvalue weighted by atomic mass is 16.2. The van der Waals surface area contributed by atoms with Crippen LogP contribution in [0.2, 0.25) is 0 Å². The molecule has 16 heavy (non-hydrogen) atoms. The lowest BCUT2D eigenvalue weighted by molar-refractivity contribution is 0.102. The van der Waals surface area contributed by atoms with Gasteiger partial charge >= 0.3 is 0 Å². The van der Waals surface area contributed by atoms with Crippen molar-refractivity contribution in [3.05, 3.63) is 23.8 Å². The minimum Gasteiger partial charge on any atom is -0.288 e. The molecule has 8 heteroatoms. The Morgan fingerprint density at radius 2 is 2.31 bits per heavy atom. The second kappa shape index (κ2) is 4.01. The van der Waals surface area contributed by atoms with Crippen LogP contribution in [0.5, 0.6) is 0 Å². The Morgan fingerprint density at radius 3 is 2.94 bits per heavy atom. The van der Waals surface area contributed by atoms with Crippen LogP contribution >= 0.6 is 0 Å². The molecule has 2 aromatic heterocycles. The molecule has 0 saturated heterocycles. The number of hydrogen-bond acceptors (Lipinski definition) is 6. The van der Waals surface area contributed by atoms with Gasteiger partial charge in [0.25, 0.3) is 5.91 Å². The summed E-state index contributed by atoms with van der Waals surface area (Å²) in [6.07, 6.45) is 1.52. The van der Waals surface area contributed by atoms with E-state index in [1.54, 1.807) is 14.0 Å². The van der Waals surface area contributed by atoms with Gasteiger partial charge in [0.1, 0.15) is 11.5 Å². The third kappa shape index (κ3) is 2.00. The molecule has 0 fully saturated rings. The topological polar surface area (TPSA) is 98.5 Å². The lowest BCUT2D eigenvalue weighted by atomic mass is 10.4. The zero-order valence-electron chi connectivity index (χ0n) is 8.75. The third-order valence-corrected chi connectivity index (χ3v) is 1.85. The third-order valence-electron chi connectivity index (χ3n) is 1.85. The predicted octanol–water partition coefficient (Wildman–Crippen LogP) is -0.439. The standard InChI is InChI=1S/C8H9N7O/c1-5-9-4-3-6(10-5)7(16)11-8-12-13-14-15(8)2/h3-4H,1-2H3,(H,11,12,14,16). The number of hydrogen-bond donors (Lipinski definition) is 1. The number of amides is 1. The van der Waals surface area contributed by atoms with Gasteiger partial charge < -0.3 is 0 Å².